The summed E-state index contributed by atoms with van der Waals surface area (Å²) in [4.78, 5) is 46.1. The molecular weight excluding hydrogens is 316 g/mol. The van der Waals surface area contributed by atoms with Gasteiger partial charge in [0.1, 0.15) is 0 Å². The number of aliphatic carboxylic acids is 1. The van der Waals surface area contributed by atoms with Crippen molar-refractivity contribution in [1.29, 1.82) is 0 Å². The first-order chi connectivity index (χ1) is 11.4. The molecule has 2 rings (SSSR count). The van der Waals surface area contributed by atoms with Gasteiger partial charge in [0, 0.05) is 25.1 Å². The van der Waals surface area contributed by atoms with E-state index in [1.165, 1.54) is 12.1 Å². The van der Waals surface area contributed by atoms with Crippen LogP contribution in [0.15, 0.2) is 18.2 Å². The number of non-ortho nitro benzene ring substituents is 1. The smallest absolute Gasteiger partial charge is 0.303 e. The molecule has 0 saturated carbocycles. The molecular formula is C16H18N2O6. The molecule has 2 amide bonds. The molecule has 0 fully saturated rings. The molecule has 0 spiro atoms. The maximum Gasteiger partial charge on any atom is 0.303 e. The summed E-state index contributed by atoms with van der Waals surface area (Å²) in [7, 11) is 0. The minimum absolute atomic E-state index is 0.0793. The Morgan fingerprint density at radius 1 is 1.04 bits per heavy atom. The molecule has 0 atom stereocenters. The van der Waals surface area contributed by atoms with E-state index in [1.807, 2.05) is 0 Å². The van der Waals surface area contributed by atoms with Gasteiger partial charge >= 0.3 is 5.97 Å². The predicted molar refractivity (Wildman–Crippen MR) is 83.8 cm³/mol. The van der Waals surface area contributed by atoms with E-state index < -0.39 is 22.7 Å². The maximum atomic E-state index is 12.2. The van der Waals surface area contributed by atoms with Gasteiger partial charge in [0.2, 0.25) is 0 Å². The van der Waals surface area contributed by atoms with Crippen LogP contribution in [0.25, 0.3) is 0 Å². The molecule has 0 bridgehead atoms. The van der Waals surface area contributed by atoms with Gasteiger partial charge in [0.25, 0.3) is 17.5 Å². The van der Waals surface area contributed by atoms with Gasteiger partial charge in [-0.05, 0) is 18.9 Å². The molecule has 8 nitrogen and oxygen atoms in total. The Bertz CT molecular complexity index is 685. The predicted octanol–water partition coefficient (Wildman–Crippen LogP) is 2.62. The Kier molecular flexibility index (Phi) is 5.62. The number of carboxylic acids is 1. The lowest BCUT2D eigenvalue weighted by Crippen LogP contribution is -2.30. The number of fused-ring (bicyclic) bond motifs is 1. The normalized spacial score (nSPS) is 13.2. The van der Waals surface area contributed by atoms with E-state index in [9.17, 15) is 24.5 Å². The molecule has 1 aliphatic heterocycles. The zero-order valence-corrected chi connectivity index (χ0v) is 13.1. The third kappa shape index (κ3) is 3.95. The summed E-state index contributed by atoms with van der Waals surface area (Å²) in [6, 6.07) is 3.68. The molecule has 0 aromatic heterocycles. The zero-order valence-electron chi connectivity index (χ0n) is 13.1. The van der Waals surface area contributed by atoms with Gasteiger partial charge in [-0.15, -0.1) is 0 Å². The van der Waals surface area contributed by atoms with Crippen molar-refractivity contribution in [3.63, 3.8) is 0 Å². The Balaban J connectivity index is 1.85. The van der Waals surface area contributed by atoms with Gasteiger partial charge in [-0.1, -0.05) is 19.3 Å². The van der Waals surface area contributed by atoms with Crippen LogP contribution in [0.3, 0.4) is 0 Å². The number of nitrogens with zero attached hydrogens (tertiary/aromatic N) is 2. The highest BCUT2D eigenvalue weighted by molar-refractivity contribution is 6.21. The van der Waals surface area contributed by atoms with Gasteiger partial charge in [0.05, 0.1) is 16.1 Å². The second kappa shape index (κ2) is 7.67. The Morgan fingerprint density at radius 3 is 2.33 bits per heavy atom. The fourth-order valence-corrected chi connectivity index (χ4v) is 2.67. The molecule has 1 aromatic carbocycles. The Labute approximate surface area is 138 Å². The van der Waals surface area contributed by atoms with Crippen LogP contribution in [0.5, 0.6) is 0 Å². The first-order valence-electron chi connectivity index (χ1n) is 7.78. The van der Waals surface area contributed by atoms with Crippen molar-refractivity contribution in [2.75, 3.05) is 6.54 Å². The largest absolute Gasteiger partial charge is 0.481 e. The molecule has 8 heteroatoms. The Morgan fingerprint density at radius 2 is 1.67 bits per heavy atom. The number of nitro groups is 1. The quantitative estimate of drug-likeness (QED) is 0.321. The van der Waals surface area contributed by atoms with Crippen molar-refractivity contribution < 1.29 is 24.4 Å². The number of hydrogen-bond acceptors (Lipinski definition) is 5. The lowest BCUT2D eigenvalue weighted by atomic mass is 10.1. The molecule has 1 aromatic rings. The van der Waals surface area contributed by atoms with Gasteiger partial charge < -0.3 is 5.11 Å². The molecule has 0 aliphatic carbocycles. The van der Waals surface area contributed by atoms with Crippen LogP contribution in [0.4, 0.5) is 5.69 Å². The van der Waals surface area contributed by atoms with Gasteiger partial charge in [-0.25, -0.2) is 0 Å². The fourth-order valence-electron chi connectivity index (χ4n) is 2.67. The Hall–Kier alpha value is -2.77. The van der Waals surface area contributed by atoms with Crippen molar-refractivity contribution in [3.05, 3.63) is 39.4 Å². The van der Waals surface area contributed by atoms with E-state index in [1.54, 1.807) is 0 Å². The van der Waals surface area contributed by atoms with E-state index in [0.717, 1.165) is 30.2 Å². The van der Waals surface area contributed by atoms with Gasteiger partial charge in [-0.2, -0.15) is 0 Å². The number of nitro benzene ring substituents is 1. The molecule has 0 saturated heterocycles. The molecule has 0 radical (unpaired) electrons. The second-order valence-electron chi connectivity index (χ2n) is 5.66. The minimum atomic E-state index is -0.810. The average molecular weight is 334 g/mol. The zero-order chi connectivity index (χ0) is 17.7. The van der Waals surface area contributed by atoms with Crippen molar-refractivity contribution in [2.45, 2.75) is 38.5 Å². The first-order valence-corrected chi connectivity index (χ1v) is 7.78. The van der Waals surface area contributed by atoms with Crippen LogP contribution >= 0.6 is 0 Å². The summed E-state index contributed by atoms with van der Waals surface area (Å²) >= 11 is 0. The molecule has 1 aliphatic rings. The highest BCUT2D eigenvalue weighted by atomic mass is 16.6. The summed E-state index contributed by atoms with van der Waals surface area (Å²) in [5.74, 6) is -1.73. The van der Waals surface area contributed by atoms with Crippen LogP contribution in [0, 0.1) is 10.1 Å². The number of amides is 2. The lowest BCUT2D eigenvalue weighted by molar-refractivity contribution is -0.384. The van der Waals surface area contributed by atoms with Crippen LogP contribution in [-0.2, 0) is 4.79 Å². The van der Waals surface area contributed by atoms with E-state index in [4.69, 9.17) is 5.11 Å². The average Bonchev–Trinajstić information content (AvgIpc) is 2.77. The SMILES string of the molecule is O=C(O)CCCCCCCN1C(=O)c2ccc([N+](=O)[O-])cc2C1=O. The number of benzene rings is 1. The number of hydrogen-bond donors (Lipinski definition) is 1. The topological polar surface area (TPSA) is 118 Å². The monoisotopic (exact) mass is 334 g/mol. The third-order valence-corrected chi connectivity index (χ3v) is 3.94. The highest BCUT2D eigenvalue weighted by Gasteiger charge is 2.36. The molecule has 128 valence electrons. The van der Waals surface area contributed by atoms with E-state index >= 15 is 0 Å². The minimum Gasteiger partial charge on any atom is -0.481 e. The second-order valence-corrected chi connectivity index (χ2v) is 5.66. The molecule has 1 heterocycles. The van der Waals surface area contributed by atoms with Crippen LogP contribution in [0.2, 0.25) is 0 Å². The fraction of sp³-hybridized carbons (Fsp3) is 0.438. The molecule has 1 N–H and O–H groups in total. The lowest BCUT2D eigenvalue weighted by Gasteiger charge is -2.13. The van der Waals surface area contributed by atoms with E-state index in [0.29, 0.717) is 12.8 Å². The van der Waals surface area contributed by atoms with Crippen LogP contribution < -0.4 is 0 Å². The number of carbonyl (C=O) groups is 3. The third-order valence-electron chi connectivity index (χ3n) is 3.94. The number of imide groups is 1. The van der Waals surface area contributed by atoms with Crippen molar-refractivity contribution in [1.82, 2.24) is 4.90 Å². The maximum absolute atomic E-state index is 12.2. The summed E-state index contributed by atoms with van der Waals surface area (Å²) in [6.45, 7) is 0.263. The van der Waals surface area contributed by atoms with E-state index in [2.05, 4.69) is 0 Å². The number of unbranched alkanes of at least 4 members (excludes halogenated alkanes) is 4. The van der Waals surface area contributed by atoms with Crippen molar-refractivity contribution in [2.24, 2.45) is 0 Å². The van der Waals surface area contributed by atoms with Gasteiger partial charge in [-0.3, -0.25) is 29.4 Å². The van der Waals surface area contributed by atoms with E-state index in [-0.39, 0.29) is 29.8 Å². The standard InChI is InChI=1S/C16H18N2O6/c19-14(20)6-4-2-1-3-5-9-17-15(21)12-8-7-11(18(23)24)10-13(12)16(17)22/h7-8,10H,1-6,9H2,(H,19,20). The van der Waals surface area contributed by atoms with Gasteiger partial charge in [0.15, 0.2) is 0 Å². The van der Waals surface area contributed by atoms with Crippen molar-refractivity contribution >= 4 is 23.5 Å². The number of rotatable bonds is 9. The summed E-state index contributed by atoms with van der Waals surface area (Å²) in [6.07, 6.45) is 3.81. The first kappa shape index (κ1) is 17.6. The number of carboxylic acid groups (broad SMARTS) is 1. The number of carbonyl (C=O) groups excluding carboxylic acids is 2. The summed E-state index contributed by atoms with van der Waals surface area (Å²) in [5.41, 5.74) is 0.0675. The summed E-state index contributed by atoms with van der Waals surface area (Å²) in [5, 5.41) is 19.3. The molecule has 0 unspecified atom stereocenters. The summed E-state index contributed by atoms with van der Waals surface area (Å²) < 4.78 is 0. The van der Waals surface area contributed by atoms with Crippen LogP contribution in [0.1, 0.15) is 59.2 Å². The van der Waals surface area contributed by atoms with Crippen LogP contribution in [-0.4, -0.2) is 39.3 Å². The highest BCUT2D eigenvalue weighted by Crippen LogP contribution is 2.27. The van der Waals surface area contributed by atoms with Crippen molar-refractivity contribution in [3.8, 4) is 0 Å². The molecule has 24 heavy (non-hydrogen) atoms.